The van der Waals surface area contributed by atoms with Crippen LogP contribution in [0.3, 0.4) is 0 Å². The SMILES string of the molecule is COCCCn1c(=C(C#N)C#N)s/c(=C/c2ccc(OC(F)F)c(OC)c2)c1=O. The molecule has 0 saturated carbocycles. The van der Waals surface area contributed by atoms with Crippen LogP contribution in [0.15, 0.2) is 23.0 Å². The van der Waals surface area contributed by atoms with Gasteiger partial charge in [-0.2, -0.15) is 19.3 Å². The molecule has 0 amide bonds. The van der Waals surface area contributed by atoms with Crippen LogP contribution in [-0.4, -0.2) is 32.0 Å². The predicted molar refractivity (Wildman–Crippen MR) is 102 cm³/mol. The maximum Gasteiger partial charge on any atom is 0.387 e. The second-order valence-electron chi connectivity index (χ2n) is 5.61. The summed E-state index contributed by atoms with van der Waals surface area (Å²) in [6.45, 7) is -2.30. The van der Waals surface area contributed by atoms with Crippen LogP contribution >= 0.6 is 11.3 Å². The number of benzene rings is 1. The molecular formula is C19H17F2N3O4S. The van der Waals surface area contributed by atoms with Crippen molar-refractivity contribution in [2.75, 3.05) is 20.8 Å². The lowest BCUT2D eigenvalue weighted by molar-refractivity contribution is -0.0512. The molecule has 0 fully saturated rings. The highest BCUT2D eigenvalue weighted by molar-refractivity contribution is 7.07. The van der Waals surface area contributed by atoms with Gasteiger partial charge in [-0.3, -0.25) is 9.36 Å². The quantitative estimate of drug-likeness (QED) is 0.601. The van der Waals surface area contributed by atoms with Gasteiger partial charge in [0.25, 0.3) is 5.56 Å². The van der Waals surface area contributed by atoms with E-state index in [1.165, 1.54) is 43.1 Å². The molecule has 0 N–H and O–H groups in total. The number of alkyl halides is 2. The van der Waals surface area contributed by atoms with Crippen LogP contribution in [0.1, 0.15) is 12.0 Å². The predicted octanol–water partition coefficient (Wildman–Crippen LogP) is 1.58. The zero-order chi connectivity index (χ0) is 21.4. The van der Waals surface area contributed by atoms with E-state index in [0.717, 1.165) is 11.3 Å². The average Bonchev–Trinajstić information content (AvgIpc) is 2.99. The first kappa shape index (κ1) is 22.1. The van der Waals surface area contributed by atoms with Crippen molar-refractivity contribution in [2.24, 2.45) is 0 Å². The van der Waals surface area contributed by atoms with E-state index in [1.54, 1.807) is 12.1 Å². The fourth-order valence-electron chi connectivity index (χ4n) is 2.51. The summed E-state index contributed by atoms with van der Waals surface area (Å²) < 4.78 is 41.3. The first-order valence-electron chi connectivity index (χ1n) is 8.32. The van der Waals surface area contributed by atoms with E-state index in [2.05, 4.69) is 4.74 Å². The van der Waals surface area contributed by atoms with Crippen molar-refractivity contribution in [3.8, 4) is 23.6 Å². The third kappa shape index (κ3) is 5.41. The zero-order valence-corrected chi connectivity index (χ0v) is 16.5. The molecule has 1 aromatic carbocycles. The number of aromatic nitrogens is 1. The van der Waals surface area contributed by atoms with E-state index in [-0.39, 0.29) is 38.4 Å². The van der Waals surface area contributed by atoms with Crippen molar-refractivity contribution in [3.63, 3.8) is 0 Å². The summed E-state index contributed by atoms with van der Waals surface area (Å²) in [5.74, 6) is -0.0503. The van der Waals surface area contributed by atoms with Crippen LogP contribution in [0, 0.1) is 22.7 Å². The van der Waals surface area contributed by atoms with Crippen molar-refractivity contribution in [3.05, 3.63) is 43.3 Å². The molecule has 0 spiro atoms. The van der Waals surface area contributed by atoms with Gasteiger partial charge in [0.2, 0.25) is 0 Å². The van der Waals surface area contributed by atoms with Gasteiger partial charge in [0.05, 0.1) is 11.6 Å². The fourth-order valence-corrected chi connectivity index (χ4v) is 3.59. The number of halogens is 2. The summed E-state index contributed by atoms with van der Waals surface area (Å²) in [5, 5.41) is 18.4. The maximum absolute atomic E-state index is 12.8. The Bertz CT molecular complexity index is 1110. The lowest BCUT2D eigenvalue weighted by Gasteiger charge is -2.09. The van der Waals surface area contributed by atoms with Crippen LogP contribution < -0.4 is 24.2 Å². The van der Waals surface area contributed by atoms with E-state index < -0.39 is 6.61 Å². The Morgan fingerprint density at radius 3 is 2.59 bits per heavy atom. The number of rotatable bonds is 8. The maximum atomic E-state index is 12.8. The highest BCUT2D eigenvalue weighted by atomic mass is 32.1. The van der Waals surface area contributed by atoms with E-state index in [9.17, 15) is 24.1 Å². The summed E-state index contributed by atoms with van der Waals surface area (Å²) in [6.07, 6.45) is 2.06. The topological polar surface area (TPSA) is 97.3 Å². The van der Waals surface area contributed by atoms with E-state index in [0.29, 0.717) is 18.6 Å². The molecule has 0 aliphatic rings. The summed E-state index contributed by atoms with van der Waals surface area (Å²) in [6, 6.07) is 7.85. The van der Waals surface area contributed by atoms with E-state index in [4.69, 9.17) is 9.47 Å². The number of hydrogen-bond donors (Lipinski definition) is 0. The molecule has 1 heterocycles. The molecule has 1 aromatic heterocycles. The van der Waals surface area contributed by atoms with Crippen molar-refractivity contribution < 1.29 is 23.0 Å². The van der Waals surface area contributed by atoms with Crippen LogP contribution in [0.5, 0.6) is 11.5 Å². The lowest BCUT2D eigenvalue weighted by atomic mass is 10.2. The molecule has 2 rings (SSSR count). The Morgan fingerprint density at radius 1 is 1.28 bits per heavy atom. The first-order chi connectivity index (χ1) is 13.9. The number of nitriles is 2. The van der Waals surface area contributed by atoms with Crippen LogP contribution in [-0.2, 0) is 11.3 Å². The Balaban J connectivity index is 2.61. The minimum absolute atomic E-state index is 0.0811. The number of ether oxygens (including phenoxy) is 3. The fraction of sp³-hybridized carbons (Fsp3) is 0.316. The van der Waals surface area contributed by atoms with Gasteiger partial charge in [-0.1, -0.05) is 6.07 Å². The van der Waals surface area contributed by atoms with Gasteiger partial charge in [0, 0.05) is 20.3 Å². The Hall–Kier alpha value is -3.21. The van der Waals surface area contributed by atoms with Crippen LogP contribution in [0.25, 0.3) is 11.6 Å². The normalized spacial score (nSPS) is 11.2. The van der Waals surface area contributed by atoms with E-state index in [1.807, 2.05) is 0 Å². The molecule has 10 heteroatoms. The first-order valence-corrected chi connectivity index (χ1v) is 9.14. The monoisotopic (exact) mass is 421 g/mol. The van der Waals surface area contributed by atoms with Gasteiger partial charge in [0.1, 0.15) is 16.8 Å². The molecule has 152 valence electrons. The van der Waals surface area contributed by atoms with Crippen LogP contribution in [0.4, 0.5) is 8.78 Å². The third-order valence-electron chi connectivity index (χ3n) is 3.78. The smallest absolute Gasteiger partial charge is 0.387 e. The minimum Gasteiger partial charge on any atom is -0.493 e. The molecule has 0 aliphatic heterocycles. The van der Waals surface area contributed by atoms with Crippen LogP contribution in [0.2, 0.25) is 0 Å². The largest absolute Gasteiger partial charge is 0.493 e. The van der Waals surface area contributed by atoms with Crippen molar-refractivity contribution in [1.29, 1.82) is 10.5 Å². The van der Waals surface area contributed by atoms with Gasteiger partial charge < -0.3 is 14.2 Å². The molecule has 7 nitrogen and oxygen atoms in total. The minimum atomic E-state index is -3.00. The highest BCUT2D eigenvalue weighted by Crippen LogP contribution is 2.29. The van der Waals surface area contributed by atoms with Gasteiger partial charge in [0.15, 0.2) is 17.1 Å². The zero-order valence-electron chi connectivity index (χ0n) is 15.6. The second-order valence-corrected chi connectivity index (χ2v) is 6.64. The number of hydrogen-bond acceptors (Lipinski definition) is 7. The molecule has 29 heavy (non-hydrogen) atoms. The summed E-state index contributed by atoms with van der Waals surface area (Å²) in [4.78, 5) is 12.8. The number of nitrogens with zero attached hydrogens (tertiary/aromatic N) is 3. The molecule has 0 aliphatic carbocycles. The molecule has 0 saturated heterocycles. The number of methoxy groups -OCH3 is 2. The van der Waals surface area contributed by atoms with Gasteiger partial charge in [-0.05, 0) is 30.2 Å². The number of thiazole rings is 1. The average molecular weight is 421 g/mol. The van der Waals surface area contributed by atoms with Gasteiger partial charge in [-0.15, -0.1) is 11.3 Å². The summed E-state index contributed by atoms with van der Waals surface area (Å²) in [5.41, 5.74) is -0.0220. The third-order valence-corrected chi connectivity index (χ3v) is 4.91. The summed E-state index contributed by atoms with van der Waals surface area (Å²) >= 11 is 1.00. The standard InChI is InChI=1S/C19H17F2N3O4S/c1-26-7-3-6-24-17(25)16(29-18(24)13(10-22)11-23)9-12-4-5-14(28-19(20)21)15(8-12)27-2/h4-5,8-9,19H,3,6-7H2,1-2H3/b16-9+. The molecule has 2 aromatic rings. The Kier molecular flexibility index (Phi) is 7.89. The second kappa shape index (κ2) is 10.4. The van der Waals surface area contributed by atoms with E-state index >= 15 is 0 Å². The van der Waals surface area contributed by atoms with Gasteiger partial charge in [-0.25, -0.2) is 0 Å². The Labute approximate surface area is 168 Å². The molecule has 0 radical (unpaired) electrons. The van der Waals surface area contributed by atoms with Crippen molar-refractivity contribution in [1.82, 2.24) is 4.57 Å². The van der Waals surface area contributed by atoms with Crippen molar-refractivity contribution in [2.45, 2.75) is 19.6 Å². The molecular weight excluding hydrogens is 404 g/mol. The Morgan fingerprint density at radius 2 is 2.00 bits per heavy atom. The molecule has 0 bridgehead atoms. The summed E-state index contributed by atoms with van der Waals surface area (Å²) in [7, 11) is 2.85. The molecule has 0 atom stereocenters. The van der Waals surface area contributed by atoms with Crippen molar-refractivity contribution >= 4 is 23.0 Å². The molecule has 0 unspecified atom stereocenters. The highest BCUT2D eigenvalue weighted by Gasteiger charge is 2.12. The van der Waals surface area contributed by atoms with Gasteiger partial charge >= 0.3 is 6.61 Å². The lowest BCUT2D eigenvalue weighted by Crippen LogP contribution is -2.32.